The molecule has 4 N–H and O–H groups in total. The number of piperidine rings is 1. The van der Waals surface area contributed by atoms with E-state index in [9.17, 15) is 9.90 Å². The first kappa shape index (κ1) is 24.1. The van der Waals surface area contributed by atoms with Crippen molar-refractivity contribution in [1.82, 2.24) is 25.5 Å². The average Bonchev–Trinajstić information content (AvgIpc) is 2.81. The normalized spacial score (nSPS) is 17.0. The number of nitrogens with one attached hydrogen (secondary N) is 3. The molecule has 32 heavy (non-hydrogen) atoms. The molecule has 0 radical (unpaired) electrons. The zero-order chi connectivity index (χ0) is 22.9. The Morgan fingerprint density at radius 1 is 1.22 bits per heavy atom. The Hall–Kier alpha value is -2.55. The van der Waals surface area contributed by atoms with E-state index >= 15 is 0 Å². The van der Waals surface area contributed by atoms with Gasteiger partial charge in [0, 0.05) is 25.2 Å². The largest absolute Gasteiger partial charge is 0.390 e. The first-order valence-corrected chi connectivity index (χ1v) is 11.5. The van der Waals surface area contributed by atoms with Crippen LogP contribution < -0.4 is 16.0 Å². The van der Waals surface area contributed by atoms with Crippen LogP contribution >= 0.6 is 0 Å². The van der Waals surface area contributed by atoms with Crippen molar-refractivity contribution in [2.24, 2.45) is 0 Å². The molecule has 174 valence electrons. The Kier molecular flexibility index (Phi) is 8.96. The molecule has 0 saturated carbocycles. The number of aryl methyl sites for hydroxylation is 1. The number of anilines is 1. The standard InChI is InChI=1S/C24H36N6O2/c1-4-18-7-5-6-8-19(18)14-25-15-22(31)17(2)28-24(32)21-13-23(27-16-26-21)29-20-9-11-30(3)12-10-20/h5-8,13,16-17,20,22,25,31H,4,9-12,14-15H2,1-3H3,(H,28,32)(H,26,27,29). The molecule has 1 saturated heterocycles. The first-order valence-electron chi connectivity index (χ1n) is 11.5. The molecule has 1 aliphatic rings. The number of nitrogens with zero attached hydrogens (tertiary/aromatic N) is 3. The number of carbonyl (C=O) groups excluding carboxylic acids is 1. The third-order valence-electron chi connectivity index (χ3n) is 6.07. The van der Waals surface area contributed by atoms with Crippen molar-refractivity contribution in [3.63, 3.8) is 0 Å². The summed E-state index contributed by atoms with van der Waals surface area (Å²) in [4.78, 5) is 23.3. The van der Waals surface area contributed by atoms with E-state index in [-0.39, 0.29) is 5.91 Å². The minimum Gasteiger partial charge on any atom is -0.390 e. The van der Waals surface area contributed by atoms with E-state index in [0.717, 1.165) is 32.4 Å². The van der Waals surface area contributed by atoms with E-state index in [1.165, 1.54) is 17.5 Å². The van der Waals surface area contributed by atoms with Crippen LogP contribution in [-0.2, 0) is 13.0 Å². The summed E-state index contributed by atoms with van der Waals surface area (Å²) in [5, 5.41) is 20.0. The van der Waals surface area contributed by atoms with Crippen LogP contribution in [0.5, 0.6) is 0 Å². The molecular weight excluding hydrogens is 404 g/mol. The number of amides is 1. The van der Waals surface area contributed by atoms with Crippen LogP contribution in [0, 0.1) is 0 Å². The lowest BCUT2D eigenvalue weighted by Gasteiger charge is -2.29. The minimum absolute atomic E-state index is 0.291. The Balaban J connectivity index is 1.47. The van der Waals surface area contributed by atoms with Crippen molar-refractivity contribution in [3.05, 3.63) is 53.5 Å². The number of hydrogen-bond donors (Lipinski definition) is 4. The quantitative estimate of drug-likeness (QED) is 0.447. The van der Waals surface area contributed by atoms with Gasteiger partial charge in [-0.05, 0) is 57.5 Å². The molecule has 8 heteroatoms. The number of aromatic nitrogens is 2. The van der Waals surface area contributed by atoms with E-state index in [0.29, 0.717) is 30.6 Å². The maximum atomic E-state index is 12.7. The predicted octanol–water partition coefficient (Wildman–Crippen LogP) is 1.81. The molecule has 2 heterocycles. The fourth-order valence-corrected chi connectivity index (χ4v) is 3.91. The topological polar surface area (TPSA) is 102 Å². The molecule has 1 aromatic carbocycles. The SMILES string of the molecule is CCc1ccccc1CNCC(O)C(C)NC(=O)c1cc(NC2CCN(C)CC2)ncn1. The minimum atomic E-state index is -0.716. The maximum Gasteiger partial charge on any atom is 0.270 e. The van der Waals surface area contributed by atoms with Gasteiger partial charge in [0.25, 0.3) is 5.91 Å². The fourth-order valence-electron chi connectivity index (χ4n) is 3.91. The first-order chi connectivity index (χ1) is 15.5. The van der Waals surface area contributed by atoms with Gasteiger partial charge in [0.05, 0.1) is 12.1 Å². The lowest BCUT2D eigenvalue weighted by molar-refractivity contribution is 0.0845. The van der Waals surface area contributed by atoms with Gasteiger partial charge in [0.1, 0.15) is 17.8 Å². The highest BCUT2D eigenvalue weighted by Crippen LogP contribution is 2.14. The molecule has 2 unspecified atom stereocenters. The zero-order valence-electron chi connectivity index (χ0n) is 19.3. The van der Waals surface area contributed by atoms with Crippen LogP contribution in [0.3, 0.4) is 0 Å². The summed E-state index contributed by atoms with van der Waals surface area (Å²) in [5.74, 6) is 0.339. The summed E-state index contributed by atoms with van der Waals surface area (Å²) in [6.45, 7) is 7.08. The summed E-state index contributed by atoms with van der Waals surface area (Å²) in [6.07, 6.45) is 3.74. The van der Waals surface area contributed by atoms with Crippen LogP contribution in [0.4, 0.5) is 5.82 Å². The third kappa shape index (κ3) is 6.98. The van der Waals surface area contributed by atoms with E-state index in [2.05, 4.69) is 56.9 Å². The van der Waals surface area contributed by atoms with Crippen molar-refractivity contribution in [1.29, 1.82) is 0 Å². The summed E-state index contributed by atoms with van der Waals surface area (Å²) in [6, 6.07) is 9.87. The van der Waals surface area contributed by atoms with Gasteiger partial charge in [-0.2, -0.15) is 0 Å². The van der Waals surface area contributed by atoms with Crippen molar-refractivity contribution in [2.45, 2.75) is 57.8 Å². The smallest absolute Gasteiger partial charge is 0.270 e. The highest BCUT2D eigenvalue weighted by atomic mass is 16.3. The van der Waals surface area contributed by atoms with Gasteiger partial charge in [-0.3, -0.25) is 4.79 Å². The Morgan fingerprint density at radius 3 is 2.66 bits per heavy atom. The number of likely N-dealkylation sites (tertiary alicyclic amines) is 1. The summed E-state index contributed by atoms with van der Waals surface area (Å²) >= 11 is 0. The molecule has 0 bridgehead atoms. The molecule has 0 spiro atoms. The molecule has 8 nitrogen and oxygen atoms in total. The lowest BCUT2D eigenvalue weighted by atomic mass is 10.1. The Morgan fingerprint density at radius 2 is 1.94 bits per heavy atom. The van der Waals surface area contributed by atoms with Crippen LogP contribution in [0.25, 0.3) is 0 Å². The van der Waals surface area contributed by atoms with Crippen LogP contribution in [0.1, 0.15) is 48.3 Å². The van der Waals surface area contributed by atoms with E-state index in [1.54, 1.807) is 13.0 Å². The van der Waals surface area contributed by atoms with Crippen LogP contribution in [0.15, 0.2) is 36.7 Å². The van der Waals surface area contributed by atoms with E-state index < -0.39 is 12.1 Å². The Bertz CT molecular complexity index is 869. The molecule has 0 aliphatic carbocycles. The highest BCUT2D eigenvalue weighted by molar-refractivity contribution is 5.93. The summed E-state index contributed by atoms with van der Waals surface area (Å²) in [5.41, 5.74) is 2.81. The van der Waals surface area contributed by atoms with Gasteiger partial charge < -0.3 is 26.0 Å². The third-order valence-corrected chi connectivity index (χ3v) is 6.07. The van der Waals surface area contributed by atoms with Gasteiger partial charge in [-0.1, -0.05) is 31.2 Å². The summed E-state index contributed by atoms with van der Waals surface area (Å²) < 4.78 is 0. The van der Waals surface area contributed by atoms with Gasteiger partial charge in [0.2, 0.25) is 0 Å². The average molecular weight is 441 g/mol. The van der Waals surface area contributed by atoms with Gasteiger partial charge >= 0.3 is 0 Å². The fraction of sp³-hybridized carbons (Fsp3) is 0.542. The van der Waals surface area contributed by atoms with Crippen molar-refractivity contribution in [3.8, 4) is 0 Å². The summed E-state index contributed by atoms with van der Waals surface area (Å²) in [7, 11) is 2.12. The molecule has 1 amide bonds. The second-order valence-electron chi connectivity index (χ2n) is 8.59. The number of rotatable bonds is 10. The monoisotopic (exact) mass is 440 g/mol. The van der Waals surface area contributed by atoms with Gasteiger partial charge in [-0.25, -0.2) is 9.97 Å². The second kappa shape index (κ2) is 11.9. The van der Waals surface area contributed by atoms with Gasteiger partial charge in [0.15, 0.2) is 0 Å². The number of hydrogen-bond acceptors (Lipinski definition) is 7. The molecule has 1 aromatic heterocycles. The number of benzene rings is 1. The van der Waals surface area contributed by atoms with E-state index in [1.807, 2.05) is 12.1 Å². The van der Waals surface area contributed by atoms with Crippen LogP contribution in [0.2, 0.25) is 0 Å². The molecule has 1 fully saturated rings. The molecule has 2 atom stereocenters. The number of aliphatic hydroxyl groups excluding tert-OH is 1. The lowest BCUT2D eigenvalue weighted by Crippen LogP contribution is -2.45. The van der Waals surface area contributed by atoms with Gasteiger partial charge in [-0.15, -0.1) is 0 Å². The number of aliphatic hydroxyl groups is 1. The highest BCUT2D eigenvalue weighted by Gasteiger charge is 2.20. The second-order valence-corrected chi connectivity index (χ2v) is 8.59. The van der Waals surface area contributed by atoms with Crippen molar-refractivity contribution in [2.75, 3.05) is 32.0 Å². The molecular formula is C24H36N6O2. The Labute approximate surface area is 190 Å². The van der Waals surface area contributed by atoms with Crippen molar-refractivity contribution < 1.29 is 9.90 Å². The number of carbonyl (C=O) groups is 1. The van der Waals surface area contributed by atoms with Crippen molar-refractivity contribution >= 4 is 11.7 Å². The molecule has 3 rings (SSSR count). The van der Waals surface area contributed by atoms with E-state index in [4.69, 9.17) is 0 Å². The molecule has 1 aliphatic heterocycles. The molecule has 2 aromatic rings. The zero-order valence-corrected chi connectivity index (χ0v) is 19.3. The maximum absolute atomic E-state index is 12.7. The van der Waals surface area contributed by atoms with Crippen LogP contribution in [-0.4, -0.2) is 70.8 Å². The predicted molar refractivity (Wildman–Crippen MR) is 127 cm³/mol.